The lowest BCUT2D eigenvalue weighted by atomic mass is 10.2. The van der Waals surface area contributed by atoms with Crippen LogP contribution >= 0.6 is 11.3 Å². The molecule has 3 rings (SSSR count). The van der Waals surface area contributed by atoms with Crippen LogP contribution < -0.4 is 5.32 Å². The second-order valence-corrected chi connectivity index (χ2v) is 8.09. The quantitative estimate of drug-likeness (QED) is 0.922. The molecule has 2 heterocycles. The lowest BCUT2D eigenvalue weighted by Crippen LogP contribution is -2.42. The maximum atomic E-state index is 13.6. The fraction of sp³-hybridized carbons (Fsp3) is 0.385. The zero-order chi connectivity index (χ0) is 15.9. The van der Waals surface area contributed by atoms with Crippen molar-refractivity contribution in [2.45, 2.75) is 18.9 Å². The molecule has 1 aromatic heterocycles. The number of nitrogens with zero attached hydrogens (tertiary/aromatic N) is 2. The topological polar surface area (TPSA) is 79.4 Å². The van der Waals surface area contributed by atoms with Gasteiger partial charge in [0, 0.05) is 6.54 Å². The van der Waals surface area contributed by atoms with E-state index in [1.807, 2.05) is 0 Å². The molecule has 1 amide bonds. The van der Waals surface area contributed by atoms with Gasteiger partial charge in [0.1, 0.15) is 17.4 Å². The van der Waals surface area contributed by atoms with E-state index in [0.717, 1.165) is 17.6 Å². The molecule has 1 atom stereocenters. The number of thiazole rings is 1. The van der Waals surface area contributed by atoms with Gasteiger partial charge in [0.15, 0.2) is 5.13 Å². The number of sulfonamides is 1. The highest BCUT2D eigenvalue weighted by Gasteiger charge is 2.36. The number of hydrogen-bond donors (Lipinski definition) is 1. The summed E-state index contributed by atoms with van der Waals surface area (Å²) in [5.74, 6) is -0.879. The summed E-state index contributed by atoms with van der Waals surface area (Å²) in [6.45, 7) is 0.339. The van der Waals surface area contributed by atoms with Crippen molar-refractivity contribution in [1.82, 2.24) is 9.29 Å². The second kappa shape index (κ2) is 5.56. The van der Waals surface area contributed by atoms with Gasteiger partial charge in [-0.3, -0.25) is 4.79 Å². The minimum atomic E-state index is -3.42. The van der Waals surface area contributed by atoms with Crippen molar-refractivity contribution in [1.29, 1.82) is 0 Å². The molecule has 1 aromatic carbocycles. The van der Waals surface area contributed by atoms with Crippen LogP contribution in [0.5, 0.6) is 0 Å². The molecule has 6 nitrogen and oxygen atoms in total. The van der Waals surface area contributed by atoms with E-state index in [9.17, 15) is 17.6 Å². The fourth-order valence-electron chi connectivity index (χ4n) is 2.56. The molecule has 1 unspecified atom stereocenters. The van der Waals surface area contributed by atoms with Crippen LogP contribution in [-0.2, 0) is 14.8 Å². The first-order valence-corrected chi connectivity index (χ1v) is 9.35. The van der Waals surface area contributed by atoms with Gasteiger partial charge >= 0.3 is 0 Å². The molecule has 2 aromatic rings. The summed E-state index contributed by atoms with van der Waals surface area (Å²) >= 11 is 1.16. The average molecular weight is 343 g/mol. The molecule has 118 valence electrons. The highest BCUT2D eigenvalue weighted by molar-refractivity contribution is 7.88. The number of nitrogens with one attached hydrogen (secondary N) is 1. The third-order valence-electron chi connectivity index (χ3n) is 3.53. The monoisotopic (exact) mass is 343 g/mol. The zero-order valence-electron chi connectivity index (χ0n) is 11.7. The zero-order valence-corrected chi connectivity index (χ0v) is 13.4. The van der Waals surface area contributed by atoms with Gasteiger partial charge < -0.3 is 5.32 Å². The predicted octanol–water partition coefficient (Wildman–Crippen LogP) is 1.80. The van der Waals surface area contributed by atoms with Crippen molar-refractivity contribution in [3.63, 3.8) is 0 Å². The molecule has 0 radical (unpaired) electrons. The number of aromatic nitrogens is 1. The van der Waals surface area contributed by atoms with Gasteiger partial charge in [-0.05, 0) is 25.0 Å². The molecule has 0 bridgehead atoms. The van der Waals surface area contributed by atoms with Crippen LogP contribution in [0.4, 0.5) is 9.52 Å². The molecule has 1 saturated heterocycles. The van der Waals surface area contributed by atoms with Crippen molar-refractivity contribution < 1.29 is 17.6 Å². The van der Waals surface area contributed by atoms with Gasteiger partial charge in [0.05, 0.1) is 11.0 Å². The van der Waals surface area contributed by atoms with E-state index in [1.165, 1.54) is 10.4 Å². The Kier molecular flexibility index (Phi) is 3.87. The largest absolute Gasteiger partial charge is 0.301 e. The van der Waals surface area contributed by atoms with E-state index in [-0.39, 0.29) is 10.6 Å². The van der Waals surface area contributed by atoms with E-state index >= 15 is 0 Å². The highest BCUT2D eigenvalue weighted by Crippen LogP contribution is 2.28. The van der Waals surface area contributed by atoms with Crippen LogP contribution in [0.2, 0.25) is 0 Å². The predicted molar refractivity (Wildman–Crippen MR) is 82.8 cm³/mol. The number of halogens is 1. The van der Waals surface area contributed by atoms with Crippen molar-refractivity contribution in [2.75, 3.05) is 18.1 Å². The van der Waals surface area contributed by atoms with Crippen LogP contribution in [0.1, 0.15) is 12.8 Å². The molecule has 1 fully saturated rings. The molecular weight excluding hydrogens is 329 g/mol. The van der Waals surface area contributed by atoms with Crippen LogP contribution in [0.15, 0.2) is 18.2 Å². The maximum absolute atomic E-state index is 13.6. The Hall–Kier alpha value is -1.58. The van der Waals surface area contributed by atoms with E-state index in [4.69, 9.17) is 0 Å². The first-order valence-electron chi connectivity index (χ1n) is 6.69. The normalized spacial score (nSPS) is 19.6. The van der Waals surface area contributed by atoms with Crippen molar-refractivity contribution in [2.24, 2.45) is 0 Å². The lowest BCUT2D eigenvalue weighted by Gasteiger charge is -2.20. The molecule has 0 saturated carbocycles. The van der Waals surface area contributed by atoms with Gasteiger partial charge in [0.25, 0.3) is 0 Å². The van der Waals surface area contributed by atoms with Crippen LogP contribution in [0.3, 0.4) is 0 Å². The average Bonchev–Trinajstić information content (AvgIpc) is 3.04. The molecule has 1 aliphatic rings. The Morgan fingerprint density at radius 2 is 2.27 bits per heavy atom. The summed E-state index contributed by atoms with van der Waals surface area (Å²) in [6, 6.07) is 3.86. The number of para-hydroxylation sites is 1. The summed E-state index contributed by atoms with van der Waals surface area (Å²) in [7, 11) is -3.42. The van der Waals surface area contributed by atoms with Crippen molar-refractivity contribution in [3.05, 3.63) is 24.0 Å². The van der Waals surface area contributed by atoms with Crippen molar-refractivity contribution in [3.8, 4) is 0 Å². The second-order valence-electron chi connectivity index (χ2n) is 5.13. The molecular formula is C13H14FN3O3S2. The standard InChI is InChI=1S/C13H14FN3O3S2/c1-22(19,20)17-7-3-5-9(17)12(18)16-13-15-11-8(14)4-2-6-10(11)21-13/h2,4,6,9H,3,5,7H2,1H3,(H,15,16,18). The van der Waals surface area contributed by atoms with Gasteiger partial charge in [-0.25, -0.2) is 17.8 Å². The third-order valence-corrected chi connectivity index (χ3v) is 5.76. The third kappa shape index (κ3) is 2.83. The maximum Gasteiger partial charge on any atom is 0.244 e. The first kappa shape index (κ1) is 15.3. The molecule has 1 N–H and O–H groups in total. The molecule has 22 heavy (non-hydrogen) atoms. The number of rotatable bonds is 3. The number of amides is 1. The smallest absolute Gasteiger partial charge is 0.244 e. The Morgan fingerprint density at radius 1 is 1.50 bits per heavy atom. The van der Waals surface area contributed by atoms with Crippen LogP contribution in [-0.4, -0.2) is 42.5 Å². The summed E-state index contributed by atoms with van der Waals surface area (Å²) in [6.07, 6.45) is 2.20. The van der Waals surface area contributed by atoms with E-state index in [1.54, 1.807) is 12.1 Å². The van der Waals surface area contributed by atoms with Crippen molar-refractivity contribution >= 4 is 42.6 Å². The minimum Gasteiger partial charge on any atom is -0.301 e. The van der Waals surface area contributed by atoms with Gasteiger partial charge in [0.2, 0.25) is 15.9 Å². The van der Waals surface area contributed by atoms with Gasteiger partial charge in [-0.15, -0.1) is 0 Å². The number of carbonyl (C=O) groups is 1. The Morgan fingerprint density at radius 3 is 2.95 bits per heavy atom. The highest BCUT2D eigenvalue weighted by atomic mass is 32.2. The number of benzene rings is 1. The van der Waals surface area contributed by atoms with E-state index in [0.29, 0.717) is 24.1 Å². The summed E-state index contributed by atoms with van der Waals surface area (Å²) in [5.41, 5.74) is 0.203. The Bertz CT molecular complexity index is 834. The molecule has 0 aliphatic carbocycles. The lowest BCUT2D eigenvalue weighted by molar-refractivity contribution is -0.119. The summed E-state index contributed by atoms with van der Waals surface area (Å²) < 4.78 is 38.8. The van der Waals surface area contributed by atoms with Crippen LogP contribution in [0.25, 0.3) is 10.2 Å². The minimum absolute atomic E-state index is 0.203. The van der Waals surface area contributed by atoms with E-state index < -0.39 is 27.8 Å². The summed E-state index contributed by atoms with van der Waals surface area (Å²) in [5, 5.41) is 2.87. The van der Waals surface area contributed by atoms with Gasteiger partial charge in [-0.2, -0.15) is 4.31 Å². The SMILES string of the molecule is CS(=O)(=O)N1CCCC1C(=O)Nc1nc2c(F)cccc2s1. The first-order chi connectivity index (χ1) is 10.4. The molecule has 0 spiro atoms. The molecule has 1 aliphatic heterocycles. The number of carbonyl (C=O) groups excluding carboxylic acids is 1. The number of fused-ring (bicyclic) bond motifs is 1. The fourth-order valence-corrected chi connectivity index (χ4v) is 4.56. The Balaban J connectivity index is 1.82. The summed E-state index contributed by atoms with van der Waals surface area (Å²) in [4.78, 5) is 16.3. The number of anilines is 1. The van der Waals surface area contributed by atoms with Crippen LogP contribution in [0, 0.1) is 5.82 Å². The molecule has 9 heteroatoms. The van der Waals surface area contributed by atoms with Gasteiger partial charge in [-0.1, -0.05) is 17.4 Å². The van der Waals surface area contributed by atoms with E-state index in [2.05, 4.69) is 10.3 Å². The Labute approximate surface area is 131 Å². The number of hydrogen-bond acceptors (Lipinski definition) is 5.